The van der Waals surface area contributed by atoms with Gasteiger partial charge in [-0.15, -0.1) is 5.10 Å². The molecule has 0 aliphatic heterocycles. The Hall–Kier alpha value is -1.83. The lowest BCUT2D eigenvalue weighted by Gasteiger charge is -2.09. The summed E-state index contributed by atoms with van der Waals surface area (Å²) in [5.41, 5.74) is 0.141. The highest BCUT2D eigenvalue weighted by Crippen LogP contribution is 2.27. The number of hydrogen-bond acceptors (Lipinski definition) is 4. The molecule has 0 bridgehead atoms. The van der Waals surface area contributed by atoms with Gasteiger partial charge in [0, 0.05) is 0 Å². The maximum atomic E-state index is 13.9. The molecule has 0 saturated carbocycles. The molecular weight excluding hydrogens is 307 g/mol. The molecule has 0 saturated heterocycles. The number of benzene rings is 1. The van der Waals surface area contributed by atoms with Crippen LogP contribution in [-0.4, -0.2) is 31.3 Å². The molecule has 1 N–H and O–H groups in total. The average Bonchev–Trinajstić information content (AvgIpc) is 2.80. The van der Waals surface area contributed by atoms with Gasteiger partial charge in [0.1, 0.15) is 5.82 Å². The van der Waals surface area contributed by atoms with Crippen molar-refractivity contribution in [2.75, 3.05) is 0 Å². The third-order valence-corrected chi connectivity index (χ3v) is 3.02. The van der Waals surface area contributed by atoms with E-state index in [9.17, 15) is 9.18 Å². The summed E-state index contributed by atoms with van der Waals surface area (Å²) >= 11 is 3.05. The van der Waals surface area contributed by atoms with E-state index in [1.54, 1.807) is 6.07 Å². The van der Waals surface area contributed by atoms with Gasteiger partial charge in [-0.25, -0.2) is 13.9 Å². The Balaban J connectivity index is 2.56. The molecule has 0 spiro atoms. The van der Waals surface area contributed by atoms with Crippen molar-refractivity contribution in [2.45, 2.75) is 13.0 Å². The molecule has 0 radical (unpaired) electrons. The van der Waals surface area contributed by atoms with E-state index < -0.39 is 17.8 Å². The number of rotatable bonds is 3. The highest BCUT2D eigenvalue weighted by molar-refractivity contribution is 9.10. The Labute approximate surface area is 110 Å². The summed E-state index contributed by atoms with van der Waals surface area (Å²) in [5, 5.41) is 19.6. The Morgan fingerprint density at radius 1 is 1.56 bits per heavy atom. The van der Waals surface area contributed by atoms with Crippen LogP contribution in [0.5, 0.6) is 0 Å². The van der Waals surface area contributed by atoms with E-state index in [0.717, 1.165) is 4.68 Å². The maximum Gasteiger partial charge on any atom is 0.328 e. The van der Waals surface area contributed by atoms with E-state index in [4.69, 9.17) is 5.11 Å². The molecule has 8 heteroatoms. The Bertz CT molecular complexity index is 601. The van der Waals surface area contributed by atoms with Crippen molar-refractivity contribution in [2.24, 2.45) is 0 Å². The summed E-state index contributed by atoms with van der Waals surface area (Å²) in [4.78, 5) is 10.9. The van der Waals surface area contributed by atoms with Gasteiger partial charge < -0.3 is 5.11 Å². The second-order valence-corrected chi connectivity index (χ2v) is 4.42. The number of aromatic nitrogens is 4. The summed E-state index contributed by atoms with van der Waals surface area (Å²) in [6.45, 7) is 1.41. The van der Waals surface area contributed by atoms with Gasteiger partial charge in [0.15, 0.2) is 11.9 Å². The molecule has 0 fully saturated rings. The van der Waals surface area contributed by atoms with Gasteiger partial charge in [0.25, 0.3) is 0 Å². The first kappa shape index (κ1) is 12.6. The topological polar surface area (TPSA) is 80.9 Å². The molecular formula is C10H8BrFN4O2. The normalized spacial score (nSPS) is 12.4. The zero-order valence-corrected chi connectivity index (χ0v) is 10.8. The van der Waals surface area contributed by atoms with E-state index in [1.807, 2.05) is 0 Å². The molecule has 1 heterocycles. The minimum Gasteiger partial charge on any atom is -0.480 e. The fraction of sp³-hybridized carbons (Fsp3) is 0.200. The van der Waals surface area contributed by atoms with Crippen molar-refractivity contribution in [1.82, 2.24) is 20.2 Å². The number of hydrogen-bond donors (Lipinski definition) is 1. The predicted octanol–water partition coefficient (Wildman–Crippen LogP) is 1.89. The van der Waals surface area contributed by atoms with Gasteiger partial charge in [-0.05, 0) is 45.4 Å². The average molecular weight is 315 g/mol. The first-order chi connectivity index (χ1) is 8.52. The third-order valence-electron chi connectivity index (χ3n) is 2.41. The van der Waals surface area contributed by atoms with Crippen LogP contribution < -0.4 is 0 Å². The van der Waals surface area contributed by atoms with E-state index in [2.05, 4.69) is 31.5 Å². The molecule has 18 heavy (non-hydrogen) atoms. The smallest absolute Gasteiger partial charge is 0.328 e. The molecule has 0 aliphatic carbocycles. The minimum atomic E-state index is -1.10. The largest absolute Gasteiger partial charge is 0.480 e. The zero-order valence-electron chi connectivity index (χ0n) is 9.21. The quantitative estimate of drug-likeness (QED) is 0.935. The number of carboxylic acid groups (broad SMARTS) is 1. The first-order valence-corrected chi connectivity index (χ1v) is 5.76. The lowest BCUT2D eigenvalue weighted by molar-refractivity contribution is -0.140. The maximum absolute atomic E-state index is 13.9. The van der Waals surface area contributed by atoms with Crippen LogP contribution in [0.3, 0.4) is 0 Å². The fourth-order valence-electron chi connectivity index (χ4n) is 1.41. The van der Waals surface area contributed by atoms with Crippen LogP contribution in [0.1, 0.15) is 13.0 Å². The Morgan fingerprint density at radius 3 is 2.94 bits per heavy atom. The standard InChI is InChI=1S/C10H8BrFN4O2/c1-5(10(17)18)16-9(13-14-15-16)6-3-2-4-7(11)8(6)12/h2-5H,1H3,(H,17,18). The molecule has 1 unspecified atom stereocenters. The van der Waals surface area contributed by atoms with Crippen LogP contribution in [0, 0.1) is 5.82 Å². The lowest BCUT2D eigenvalue weighted by Crippen LogP contribution is -2.18. The SMILES string of the molecule is CC(C(=O)O)n1nnnc1-c1cccc(Br)c1F. The van der Waals surface area contributed by atoms with Crippen molar-refractivity contribution < 1.29 is 14.3 Å². The molecule has 1 aromatic carbocycles. The summed E-state index contributed by atoms with van der Waals surface area (Å²) < 4.78 is 15.2. The molecule has 0 aliphatic rings. The van der Waals surface area contributed by atoms with E-state index in [-0.39, 0.29) is 15.9 Å². The van der Waals surface area contributed by atoms with Crippen LogP contribution in [0.4, 0.5) is 4.39 Å². The van der Waals surface area contributed by atoms with Gasteiger partial charge in [-0.1, -0.05) is 6.07 Å². The Kier molecular flexibility index (Phi) is 3.37. The second kappa shape index (κ2) is 4.81. The molecule has 2 aromatic rings. The molecule has 2 rings (SSSR count). The monoisotopic (exact) mass is 314 g/mol. The van der Waals surface area contributed by atoms with E-state index in [0.29, 0.717) is 0 Å². The fourth-order valence-corrected chi connectivity index (χ4v) is 1.78. The Morgan fingerprint density at radius 2 is 2.28 bits per heavy atom. The third kappa shape index (κ3) is 2.10. The number of aliphatic carboxylic acids is 1. The van der Waals surface area contributed by atoms with Crippen molar-refractivity contribution in [3.8, 4) is 11.4 Å². The number of halogens is 2. The first-order valence-electron chi connectivity index (χ1n) is 4.97. The molecule has 6 nitrogen and oxygen atoms in total. The molecule has 94 valence electrons. The van der Waals surface area contributed by atoms with Gasteiger partial charge >= 0.3 is 5.97 Å². The highest BCUT2D eigenvalue weighted by Gasteiger charge is 2.22. The zero-order chi connectivity index (χ0) is 13.3. The summed E-state index contributed by atoms with van der Waals surface area (Å²) in [6, 6.07) is 3.66. The molecule has 1 atom stereocenters. The number of nitrogens with zero attached hydrogens (tertiary/aromatic N) is 4. The highest BCUT2D eigenvalue weighted by atomic mass is 79.9. The molecule has 0 amide bonds. The number of carboxylic acids is 1. The van der Waals surface area contributed by atoms with Crippen molar-refractivity contribution in [1.29, 1.82) is 0 Å². The van der Waals surface area contributed by atoms with Gasteiger partial charge in [-0.3, -0.25) is 0 Å². The number of carbonyl (C=O) groups is 1. The van der Waals surface area contributed by atoms with Gasteiger partial charge in [-0.2, -0.15) is 0 Å². The number of tetrazole rings is 1. The predicted molar refractivity (Wildman–Crippen MR) is 63.3 cm³/mol. The van der Waals surface area contributed by atoms with Crippen molar-refractivity contribution in [3.05, 3.63) is 28.5 Å². The van der Waals surface area contributed by atoms with Crippen LogP contribution in [0.2, 0.25) is 0 Å². The van der Waals surface area contributed by atoms with E-state index in [1.165, 1.54) is 19.1 Å². The van der Waals surface area contributed by atoms with Crippen molar-refractivity contribution >= 4 is 21.9 Å². The molecule has 1 aromatic heterocycles. The lowest BCUT2D eigenvalue weighted by atomic mass is 10.2. The van der Waals surface area contributed by atoms with Crippen molar-refractivity contribution in [3.63, 3.8) is 0 Å². The summed E-state index contributed by atoms with van der Waals surface area (Å²) in [7, 11) is 0. The van der Waals surface area contributed by atoms with Crippen LogP contribution >= 0.6 is 15.9 Å². The second-order valence-electron chi connectivity index (χ2n) is 3.56. The van der Waals surface area contributed by atoms with Crippen LogP contribution in [-0.2, 0) is 4.79 Å². The summed E-state index contributed by atoms with van der Waals surface area (Å²) in [5.74, 6) is -1.56. The summed E-state index contributed by atoms with van der Waals surface area (Å²) in [6.07, 6.45) is 0. The van der Waals surface area contributed by atoms with Gasteiger partial charge in [0.05, 0.1) is 10.0 Å². The van der Waals surface area contributed by atoms with E-state index >= 15 is 0 Å². The van der Waals surface area contributed by atoms with Crippen LogP contribution in [0.15, 0.2) is 22.7 Å². The van der Waals surface area contributed by atoms with Crippen LogP contribution in [0.25, 0.3) is 11.4 Å². The van der Waals surface area contributed by atoms with Gasteiger partial charge in [0.2, 0.25) is 0 Å². The minimum absolute atomic E-state index is 0.0729.